The van der Waals surface area contributed by atoms with E-state index >= 15 is 4.39 Å². The van der Waals surface area contributed by atoms with E-state index in [1.807, 2.05) is 0 Å². The van der Waals surface area contributed by atoms with Gasteiger partial charge in [-0.25, -0.2) is 18.7 Å². The average Bonchev–Trinajstić information content (AvgIpc) is 3.55. The monoisotopic (exact) mass is 436 g/mol. The van der Waals surface area contributed by atoms with E-state index in [1.54, 1.807) is 19.1 Å². The van der Waals surface area contributed by atoms with E-state index in [0.29, 0.717) is 22.8 Å². The molecule has 0 bridgehead atoms. The van der Waals surface area contributed by atoms with Gasteiger partial charge in [0.05, 0.1) is 5.39 Å². The van der Waals surface area contributed by atoms with Crippen molar-refractivity contribution in [3.63, 3.8) is 0 Å². The number of hydrogen-bond acceptors (Lipinski definition) is 5. The number of H-pyrrole nitrogens is 1. The summed E-state index contributed by atoms with van der Waals surface area (Å²) in [5, 5.41) is 0.147. The Labute approximate surface area is 182 Å². The minimum absolute atomic E-state index is 0.0502. The van der Waals surface area contributed by atoms with Crippen LogP contribution in [0.1, 0.15) is 43.3 Å². The highest BCUT2D eigenvalue weighted by molar-refractivity contribution is 5.87. The van der Waals surface area contributed by atoms with Gasteiger partial charge in [-0.3, -0.25) is 4.79 Å². The van der Waals surface area contributed by atoms with E-state index in [-0.39, 0.29) is 33.5 Å². The SMILES string of the molecule is Cc1nc2c(F)cc(-c3cc(F)c4nc(C5CCN(C6CC6)CC5)[nH]c(=O)c4c3)cc2o1. The summed E-state index contributed by atoms with van der Waals surface area (Å²) in [6, 6.07) is 6.43. The van der Waals surface area contributed by atoms with Crippen molar-refractivity contribution < 1.29 is 13.2 Å². The average molecular weight is 436 g/mol. The van der Waals surface area contributed by atoms with Crippen molar-refractivity contribution in [2.75, 3.05) is 13.1 Å². The number of nitrogens with zero attached hydrogens (tertiary/aromatic N) is 3. The minimum atomic E-state index is -0.602. The zero-order valence-electron chi connectivity index (χ0n) is 17.6. The third kappa shape index (κ3) is 3.30. The Morgan fingerprint density at radius 1 is 0.969 bits per heavy atom. The molecule has 0 unspecified atom stereocenters. The van der Waals surface area contributed by atoms with Crippen LogP contribution in [0.5, 0.6) is 0 Å². The highest BCUT2D eigenvalue weighted by Gasteiger charge is 2.33. The van der Waals surface area contributed by atoms with Gasteiger partial charge < -0.3 is 14.3 Å². The fraction of sp³-hybridized carbons (Fsp3) is 0.375. The molecule has 2 aliphatic rings. The second-order valence-corrected chi connectivity index (χ2v) is 8.88. The van der Waals surface area contributed by atoms with Crippen LogP contribution in [0.25, 0.3) is 33.1 Å². The maximum Gasteiger partial charge on any atom is 0.258 e. The maximum atomic E-state index is 15.1. The normalized spacial score (nSPS) is 18.1. The zero-order valence-corrected chi connectivity index (χ0v) is 17.6. The van der Waals surface area contributed by atoms with Gasteiger partial charge in [-0.2, -0.15) is 0 Å². The van der Waals surface area contributed by atoms with Crippen LogP contribution < -0.4 is 5.56 Å². The molecule has 0 atom stereocenters. The topological polar surface area (TPSA) is 75.0 Å². The van der Waals surface area contributed by atoms with E-state index in [2.05, 4.69) is 19.9 Å². The van der Waals surface area contributed by atoms with E-state index in [4.69, 9.17) is 4.42 Å². The van der Waals surface area contributed by atoms with E-state index < -0.39 is 11.6 Å². The molecule has 2 aromatic heterocycles. The van der Waals surface area contributed by atoms with E-state index in [1.165, 1.54) is 25.0 Å². The second kappa shape index (κ2) is 7.20. The number of rotatable bonds is 3. The first-order valence-electron chi connectivity index (χ1n) is 11.0. The van der Waals surface area contributed by atoms with Crippen LogP contribution >= 0.6 is 0 Å². The fourth-order valence-electron chi connectivity index (χ4n) is 4.82. The van der Waals surface area contributed by atoms with Crippen molar-refractivity contribution >= 4 is 22.0 Å². The molecule has 1 N–H and O–H groups in total. The highest BCUT2D eigenvalue weighted by Crippen LogP contribution is 2.34. The number of hydrogen-bond donors (Lipinski definition) is 1. The summed E-state index contributed by atoms with van der Waals surface area (Å²) in [5.74, 6) is -0.150. The molecule has 6 nitrogen and oxygen atoms in total. The Bertz CT molecular complexity index is 1420. The van der Waals surface area contributed by atoms with Gasteiger partial charge in [-0.1, -0.05) is 0 Å². The molecule has 32 heavy (non-hydrogen) atoms. The van der Waals surface area contributed by atoms with Gasteiger partial charge in [0.25, 0.3) is 5.56 Å². The minimum Gasteiger partial charge on any atom is -0.441 e. The van der Waals surface area contributed by atoms with Gasteiger partial charge in [0, 0.05) is 18.9 Å². The van der Waals surface area contributed by atoms with Crippen molar-refractivity contribution in [3.05, 3.63) is 58.0 Å². The molecule has 1 aliphatic heterocycles. The summed E-state index contributed by atoms with van der Waals surface area (Å²) >= 11 is 0. The maximum absolute atomic E-state index is 15.1. The van der Waals surface area contributed by atoms with Gasteiger partial charge in [-0.15, -0.1) is 0 Å². The van der Waals surface area contributed by atoms with Crippen molar-refractivity contribution in [2.24, 2.45) is 0 Å². The number of nitrogens with one attached hydrogen (secondary N) is 1. The molecule has 6 rings (SSSR count). The van der Waals surface area contributed by atoms with Gasteiger partial charge in [0.2, 0.25) is 0 Å². The van der Waals surface area contributed by atoms with Gasteiger partial charge in [0.1, 0.15) is 22.7 Å². The summed E-state index contributed by atoms with van der Waals surface area (Å²) in [6.07, 6.45) is 4.35. The van der Waals surface area contributed by atoms with Gasteiger partial charge in [-0.05, 0) is 74.2 Å². The van der Waals surface area contributed by atoms with Crippen LogP contribution in [0, 0.1) is 18.6 Å². The molecule has 8 heteroatoms. The highest BCUT2D eigenvalue weighted by atomic mass is 19.1. The molecule has 4 aromatic rings. The molecule has 0 radical (unpaired) electrons. The van der Waals surface area contributed by atoms with Crippen molar-refractivity contribution in [1.29, 1.82) is 0 Å². The smallest absolute Gasteiger partial charge is 0.258 e. The first kappa shape index (κ1) is 19.5. The Morgan fingerprint density at radius 3 is 2.38 bits per heavy atom. The fourth-order valence-corrected chi connectivity index (χ4v) is 4.82. The van der Waals surface area contributed by atoms with Crippen LogP contribution in [0.2, 0.25) is 0 Å². The number of piperidine rings is 1. The quantitative estimate of drug-likeness (QED) is 0.506. The molecule has 1 saturated carbocycles. The third-order valence-electron chi connectivity index (χ3n) is 6.65. The Morgan fingerprint density at radius 2 is 1.66 bits per heavy atom. The molecule has 0 spiro atoms. The number of oxazole rings is 1. The first-order chi connectivity index (χ1) is 15.5. The summed E-state index contributed by atoms with van der Waals surface area (Å²) in [7, 11) is 0. The number of likely N-dealkylation sites (tertiary alicyclic amines) is 1. The summed E-state index contributed by atoms with van der Waals surface area (Å²) in [4.78, 5) is 26.8. The summed E-state index contributed by atoms with van der Waals surface area (Å²) < 4.78 is 35.0. The second-order valence-electron chi connectivity index (χ2n) is 8.88. The van der Waals surface area contributed by atoms with Crippen molar-refractivity contribution in [3.8, 4) is 11.1 Å². The first-order valence-corrected chi connectivity index (χ1v) is 11.0. The Hall–Kier alpha value is -3.13. The van der Waals surface area contributed by atoms with Gasteiger partial charge in [0.15, 0.2) is 17.3 Å². The molecular weight excluding hydrogens is 414 g/mol. The molecule has 3 heterocycles. The van der Waals surface area contributed by atoms with Crippen LogP contribution in [0.4, 0.5) is 8.78 Å². The predicted molar refractivity (Wildman–Crippen MR) is 117 cm³/mol. The standard InChI is InChI=1S/C24H22F2N4O2/c1-12-27-22-19(26)10-15(11-20(22)32-12)14-8-17-21(18(25)9-14)28-23(29-24(17)31)13-4-6-30(7-5-13)16-2-3-16/h8-11,13,16H,2-7H2,1H3,(H,28,29,31). The largest absolute Gasteiger partial charge is 0.441 e. The van der Waals surface area contributed by atoms with Crippen molar-refractivity contribution in [1.82, 2.24) is 19.9 Å². The van der Waals surface area contributed by atoms with Crippen LogP contribution in [0.3, 0.4) is 0 Å². The lowest BCUT2D eigenvalue weighted by atomic mass is 9.95. The number of fused-ring (bicyclic) bond motifs is 2. The number of aromatic nitrogens is 3. The van der Waals surface area contributed by atoms with Crippen LogP contribution in [0.15, 0.2) is 33.5 Å². The van der Waals surface area contributed by atoms with Crippen LogP contribution in [-0.4, -0.2) is 39.0 Å². The number of aryl methyl sites for hydroxylation is 1. The molecule has 164 valence electrons. The molecular formula is C24H22F2N4O2. The molecule has 2 aromatic carbocycles. The number of benzene rings is 2. The lowest BCUT2D eigenvalue weighted by Crippen LogP contribution is -2.35. The number of halogens is 2. The van der Waals surface area contributed by atoms with Crippen LogP contribution in [-0.2, 0) is 0 Å². The predicted octanol–water partition coefficient (Wildman–Crippen LogP) is 4.66. The lowest BCUT2D eigenvalue weighted by molar-refractivity contribution is 0.200. The van der Waals surface area contributed by atoms with Gasteiger partial charge >= 0.3 is 0 Å². The molecule has 1 aliphatic carbocycles. The molecule has 0 amide bonds. The lowest BCUT2D eigenvalue weighted by Gasteiger charge is -2.31. The number of aromatic amines is 1. The summed E-state index contributed by atoms with van der Waals surface area (Å²) in [6.45, 7) is 3.59. The molecule has 1 saturated heterocycles. The van der Waals surface area contributed by atoms with Crippen molar-refractivity contribution in [2.45, 2.75) is 44.6 Å². The Kier molecular flexibility index (Phi) is 4.40. The summed E-state index contributed by atoms with van der Waals surface area (Å²) in [5.41, 5.74) is 0.856. The zero-order chi connectivity index (χ0) is 22.0. The van der Waals surface area contributed by atoms with E-state index in [9.17, 15) is 9.18 Å². The van der Waals surface area contributed by atoms with E-state index in [0.717, 1.165) is 32.0 Å². The molecule has 2 fully saturated rings. The Balaban J connectivity index is 1.38. The third-order valence-corrected chi connectivity index (χ3v) is 6.65.